The predicted molar refractivity (Wildman–Crippen MR) is 106 cm³/mol. The van der Waals surface area contributed by atoms with Crippen molar-refractivity contribution in [2.24, 2.45) is 5.92 Å². The monoisotopic (exact) mass is 395 g/mol. The van der Waals surface area contributed by atoms with Crippen molar-refractivity contribution in [3.05, 3.63) is 16.5 Å². The van der Waals surface area contributed by atoms with Gasteiger partial charge >= 0.3 is 5.97 Å². The summed E-state index contributed by atoms with van der Waals surface area (Å²) in [5, 5.41) is 3.41. The van der Waals surface area contributed by atoms with E-state index in [1.165, 1.54) is 11.3 Å². The lowest BCUT2D eigenvalue weighted by Crippen LogP contribution is -2.51. The van der Waals surface area contributed by atoms with Crippen molar-refractivity contribution in [1.29, 1.82) is 0 Å². The van der Waals surface area contributed by atoms with Crippen LogP contribution >= 0.6 is 11.3 Å². The fourth-order valence-corrected chi connectivity index (χ4v) is 3.93. The van der Waals surface area contributed by atoms with E-state index >= 15 is 0 Å². The van der Waals surface area contributed by atoms with Crippen LogP contribution in [0.2, 0.25) is 0 Å². The number of thiophene rings is 1. The van der Waals surface area contributed by atoms with Gasteiger partial charge in [-0.25, -0.2) is 4.79 Å². The third kappa shape index (κ3) is 5.77. The molecule has 1 fully saturated rings. The Labute approximate surface area is 164 Å². The van der Waals surface area contributed by atoms with E-state index < -0.39 is 5.97 Å². The Bertz CT molecular complexity index is 678. The number of piperazine rings is 1. The molecule has 0 radical (unpaired) electrons. The number of rotatable bonds is 7. The molecule has 0 aliphatic carbocycles. The van der Waals surface area contributed by atoms with E-state index in [1.54, 1.807) is 13.0 Å². The highest BCUT2D eigenvalue weighted by Gasteiger charge is 2.25. The van der Waals surface area contributed by atoms with Crippen LogP contribution in [-0.4, -0.2) is 66.9 Å². The van der Waals surface area contributed by atoms with Crippen molar-refractivity contribution in [3.63, 3.8) is 0 Å². The van der Waals surface area contributed by atoms with Crippen LogP contribution < -0.4 is 5.32 Å². The first kappa shape index (κ1) is 21.4. The highest BCUT2D eigenvalue weighted by Crippen LogP contribution is 2.29. The van der Waals surface area contributed by atoms with E-state index in [4.69, 9.17) is 4.74 Å². The van der Waals surface area contributed by atoms with Gasteiger partial charge in [0.25, 0.3) is 0 Å². The van der Waals surface area contributed by atoms with E-state index in [9.17, 15) is 14.4 Å². The second-order valence-electron chi connectivity index (χ2n) is 6.83. The Kier molecular flexibility index (Phi) is 7.79. The number of anilines is 1. The lowest BCUT2D eigenvalue weighted by atomic mass is 10.1. The summed E-state index contributed by atoms with van der Waals surface area (Å²) in [6.07, 6.45) is 0.790. The van der Waals surface area contributed by atoms with E-state index in [0.717, 1.165) is 11.3 Å². The standard InChI is InChI=1S/C19H29N3O4S/c1-5-14-11-15(19(25)26-6-2)17(27-14)20-16(23)12-21-7-9-22(10-8-21)18(24)13(3)4/h11,13H,5-10,12H2,1-4H3,(H,20,23). The van der Waals surface area contributed by atoms with Gasteiger partial charge in [0, 0.05) is 37.0 Å². The summed E-state index contributed by atoms with van der Waals surface area (Å²) < 4.78 is 5.08. The first-order chi connectivity index (χ1) is 12.8. The fourth-order valence-electron chi connectivity index (χ4n) is 2.93. The number of aryl methyl sites for hydroxylation is 1. The van der Waals surface area contributed by atoms with E-state index in [0.29, 0.717) is 43.4 Å². The molecule has 2 heterocycles. The summed E-state index contributed by atoms with van der Waals surface area (Å²) in [6, 6.07) is 1.79. The molecule has 1 saturated heterocycles. The van der Waals surface area contributed by atoms with Crippen molar-refractivity contribution in [2.45, 2.75) is 34.1 Å². The Morgan fingerprint density at radius 1 is 1.19 bits per heavy atom. The molecule has 0 saturated carbocycles. The van der Waals surface area contributed by atoms with Crippen molar-refractivity contribution in [2.75, 3.05) is 44.6 Å². The van der Waals surface area contributed by atoms with Gasteiger partial charge < -0.3 is 15.0 Å². The highest BCUT2D eigenvalue weighted by molar-refractivity contribution is 7.16. The molecule has 1 aromatic rings. The summed E-state index contributed by atoms with van der Waals surface area (Å²) in [6.45, 7) is 10.7. The first-order valence-corrected chi connectivity index (χ1v) is 10.3. The number of amides is 2. The van der Waals surface area contributed by atoms with Crippen molar-refractivity contribution in [3.8, 4) is 0 Å². The molecule has 1 aliphatic rings. The molecule has 1 aromatic heterocycles. The largest absolute Gasteiger partial charge is 0.462 e. The van der Waals surface area contributed by atoms with Crippen molar-refractivity contribution >= 4 is 34.1 Å². The van der Waals surface area contributed by atoms with Crippen LogP contribution in [0, 0.1) is 5.92 Å². The maximum Gasteiger partial charge on any atom is 0.341 e. The van der Waals surface area contributed by atoms with E-state index in [1.807, 2.05) is 30.6 Å². The molecule has 1 N–H and O–H groups in total. The van der Waals surface area contributed by atoms with Crippen LogP contribution in [0.1, 0.15) is 42.9 Å². The van der Waals surface area contributed by atoms with Crippen molar-refractivity contribution in [1.82, 2.24) is 9.80 Å². The molecule has 0 unspecified atom stereocenters. The average molecular weight is 396 g/mol. The SMILES string of the molecule is CCOC(=O)c1cc(CC)sc1NC(=O)CN1CCN(C(=O)C(C)C)CC1. The first-order valence-electron chi connectivity index (χ1n) is 9.46. The number of nitrogens with zero attached hydrogens (tertiary/aromatic N) is 2. The van der Waals surface area contributed by atoms with Gasteiger partial charge in [0.15, 0.2) is 0 Å². The van der Waals surface area contributed by atoms with E-state index in [-0.39, 0.29) is 24.3 Å². The number of hydrogen-bond donors (Lipinski definition) is 1. The van der Waals surface area contributed by atoms with Gasteiger partial charge in [-0.15, -0.1) is 11.3 Å². The third-order valence-corrected chi connectivity index (χ3v) is 5.62. The molecular weight excluding hydrogens is 366 g/mol. The van der Waals surface area contributed by atoms with Gasteiger partial charge in [-0.3, -0.25) is 14.5 Å². The van der Waals surface area contributed by atoms with Gasteiger partial charge in [0.1, 0.15) is 5.00 Å². The highest BCUT2D eigenvalue weighted by atomic mass is 32.1. The zero-order chi connectivity index (χ0) is 20.0. The predicted octanol–water partition coefficient (Wildman–Crippen LogP) is 2.23. The molecular formula is C19H29N3O4S. The molecule has 150 valence electrons. The van der Waals surface area contributed by atoms with Crippen molar-refractivity contribution < 1.29 is 19.1 Å². The normalized spacial score (nSPS) is 15.1. The Balaban J connectivity index is 1.92. The van der Waals surface area contributed by atoms with Crippen LogP contribution in [0.5, 0.6) is 0 Å². The van der Waals surface area contributed by atoms with Crippen LogP contribution in [0.3, 0.4) is 0 Å². The minimum atomic E-state index is -0.412. The van der Waals surface area contributed by atoms with Gasteiger partial charge in [-0.1, -0.05) is 20.8 Å². The smallest absolute Gasteiger partial charge is 0.341 e. The third-order valence-electron chi connectivity index (χ3n) is 4.42. The number of nitrogens with one attached hydrogen (secondary N) is 1. The van der Waals surface area contributed by atoms with Gasteiger partial charge in [0.2, 0.25) is 11.8 Å². The maximum absolute atomic E-state index is 12.5. The molecule has 2 amide bonds. The zero-order valence-electron chi connectivity index (χ0n) is 16.5. The topological polar surface area (TPSA) is 79.0 Å². The summed E-state index contributed by atoms with van der Waals surface area (Å²) in [7, 11) is 0. The number of ether oxygens (including phenoxy) is 1. The van der Waals surface area contributed by atoms with Crippen LogP contribution in [0.4, 0.5) is 5.00 Å². The summed E-state index contributed by atoms with van der Waals surface area (Å²) in [5.74, 6) is -0.421. The summed E-state index contributed by atoms with van der Waals surface area (Å²) in [4.78, 5) is 41.5. The second kappa shape index (κ2) is 9.85. The Morgan fingerprint density at radius 2 is 1.85 bits per heavy atom. The van der Waals surface area contributed by atoms with Gasteiger partial charge in [-0.05, 0) is 19.4 Å². The molecule has 0 bridgehead atoms. The maximum atomic E-state index is 12.5. The molecule has 0 atom stereocenters. The lowest BCUT2D eigenvalue weighted by Gasteiger charge is -2.35. The number of carbonyl (C=O) groups excluding carboxylic acids is 3. The number of hydrogen-bond acceptors (Lipinski definition) is 6. The number of carbonyl (C=O) groups is 3. The van der Waals surface area contributed by atoms with Crippen LogP contribution in [0.15, 0.2) is 6.07 Å². The fraction of sp³-hybridized carbons (Fsp3) is 0.632. The average Bonchev–Trinajstić information content (AvgIpc) is 3.04. The molecule has 0 aromatic carbocycles. The molecule has 7 nitrogen and oxygen atoms in total. The molecule has 1 aliphatic heterocycles. The molecule has 8 heteroatoms. The lowest BCUT2D eigenvalue weighted by molar-refractivity contribution is -0.136. The minimum Gasteiger partial charge on any atom is -0.462 e. The minimum absolute atomic E-state index is 0.00673. The number of esters is 1. The molecule has 27 heavy (non-hydrogen) atoms. The van der Waals surface area contributed by atoms with Crippen LogP contribution in [-0.2, 0) is 20.7 Å². The summed E-state index contributed by atoms with van der Waals surface area (Å²) in [5.41, 5.74) is 0.416. The quantitative estimate of drug-likeness (QED) is 0.716. The summed E-state index contributed by atoms with van der Waals surface area (Å²) >= 11 is 1.41. The second-order valence-corrected chi connectivity index (χ2v) is 7.97. The zero-order valence-corrected chi connectivity index (χ0v) is 17.4. The molecule has 2 rings (SSSR count). The van der Waals surface area contributed by atoms with E-state index in [2.05, 4.69) is 5.32 Å². The Hall–Kier alpha value is -1.93. The Morgan fingerprint density at radius 3 is 2.41 bits per heavy atom. The van der Waals surface area contributed by atoms with Gasteiger partial charge in [-0.2, -0.15) is 0 Å². The molecule has 0 spiro atoms. The van der Waals surface area contributed by atoms with Crippen LogP contribution in [0.25, 0.3) is 0 Å². The van der Waals surface area contributed by atoms with Gasteiger partial charge in [0.05, 0.1) is 18.7 Å².